The second-order valence-electron chi connectivity index (χ2n) is 2.34. The predicted molar refractivity (Wildman–Crippen MR) is 33.3 cm³/mol. The van der Waals surface area contributed by atoms with E-state index in [1.807, 2.05) is 6.07 Å². The minimum absolute atomic E-state index is 0.184. The molecule has 1 aliphatic carbocycles. The van der Waals surface area contributed by atoms with Gasteiger partial charge in [-0.05, 0) is 12.8 Å². The Morgan fingerprint density at radius 1 is 1.67 bits per heavy atom. The van der Waals surface area contributed by atoms with Gasteiger partial charge in [0.15, 0.2) is 5.76 Å². The van der Waals surface area contributed by atoms with Gasteiger partial charge in [-0.25, -0.2) is 0 Å². The van der Waals surface area contributed by atoms with Crippen LogP contribution in [0, 0.1) is 0 Å². The fourth-order valence-corrected chi connectivity index (χ4v) is 0.995. The van der Waals surface area contributed by atoms with Crippen LogP contribution >= 0.6 is 11.6 Å². The van der Waals surface area contributed by atoms with Crippen molar-refractivity contribution < 1.29 is 4.52 Å². The minimum Gasteiger partial charge on any atom is -0.360 e. The SMILES string of the molecule is ClC1(c2ccno2)CC1. The van der Waals surface area contributed by atoms with Gasteiger partial charge in [0.1, 0.15) is 4.87 Å². The van der Waals surface area contributed by atoms with Crippen LogP contribution in [0.1, 0.15) is 18.6 Å². The van der Waals surface area contributed by atoms with E-state index in [-0.39, 0.29) is 4.87 Å². The van der Waals surface area contributed by atoms with Crippen LogP contribution in [0.15, 0.2) is 16.8 Å². The van der Waals surface area contributed by atoms with E-state index in [1.54, 1.807) is 6.20 Å². The average Bonchev–Trinajstić information content (AvgIpc) is 2.46. The molecular weight excluding hydrogens is 138 g/mol. The van der Waals surface area contributed by atoms with Crippen LogP contribution < -0.4 is 0 Å². The maximum Gasteiger partial charge on any atom is 0.157 e. The van der Waals surface area contributed by atoms with Gasteiger partial charge in [-0.3, -0.25) is 0 Å². The maximum atomic E-state index is 5.98. The summed E-state index contributed by atoms with van der Waals surface area (Å²) in [5.41, 5.74) is 0. The molecule has 0 aromatic carbocycles. The van der Waals surface area contributed by atoms with Gasteiger partial charge < -0.3 is 4.52 Å². The minimum atomic E-state index is -0.184. The number of halogens is 1. The van der Waals surface area contributed by atoms with Crippen molar-refractivity contribution in [1.29, 1.82) is 0 Å². The number of rotatable bonds is 1. The van der Waals surface area contributed by atoms with E-state index < -0.39 is 0 Å². The molecule has 0 saturated heterocycles. The summed E-state index contributed by atoms with van der Waals surface area (Å²) in [7, 11) is 0. The second kappa shape index (κ2) is 1.51. The highest BCUT2D eigenvalue weighted by molar-refractivity contribution is 6.25. The first-order valence-electron chi connectivity index (χ1n) is 2.91. The van der Waals surface area contributed by atoms with Crippen molar-refractivity contribution in [1.82, 2.24) is 5.16 Å². The highest BCUT2D eigenvalue weighted by atomic mass is 35.5. The van der Waals surface area contributed by atoms with Crippen LogP contribution in [0.2, 0.25) is 0 Å². The molecule has 1 aliphatic rings. The molecule has 0 atom stereocenters. The molecule has 0 N–H and O–H groups in total. The first-order chi connectivity index (χ1) is 4.31. The lowest BCUT2D eigenvalue weighted by molar-refractivity contribution is 0.377. The lowest BCUT2D eigenvalue weighted by Crippen LogP contribution is -1.90. The van der Waals surface area contributed by atoms with Crippen molar-refractivity contribution in [3.63, 3.8) is 0 Å². The third-order valence-electron chi connectivity index (χ3n) is 1.57. The van der Waals surface area contributed by atoms with E-state index in [4.69, 9.17) is 16.1 Å². The highest BCUT2D eigenvalue weighted by Gasteiger charge is 2.45. The average molecular weight is 144 g/mol. The molecule has 0 aliphatic heterocycles. The van der Waals surface area contributed by atoms with E-state index >= 15 is 0 Å². The quantitative estimate of drug-likeness (QED) is 0.562. The van der Waals surface area contributed by atoms with Gasteiger partial charge in [0, 0.05) is 6.07 Å². The monoisotopic (exact) mass is 143 g/mol. The molecule has 0 bridgehead atoms. The highest BCUT2D eigenvalue weighted by Crippen LogP contribution is 2.51. The fourth-order valence-electron chi connectivity index (χ4n) is 0.803. The van der Waals surface area contributed by atoms with Crippen LogP contribution in [0.5, 0.6) is 0 Å². The Kier molecular flexibility index (Phi) is 0.887. The topological polar surface area (TPSA) is 26.0 Å². The zero-order valence-corrected chi connectivity index (χ0v) is 5.56. The van der Waals surface area contributed by atoms with Gasteiger partial charge in [-0.15, -0.1) is 11.6 Å². The van der Waals surface area contributed by atoms with Crippen LogP contribution in [0.4, 0.5) is 0 Å². The summed E-state index contributed by atoms with van der Waals surface area (Å²) in [5, 5.41) is 3.57. The third kappa shape index (κ3) is 0.741. The molecule has 1 fully saturated rings. The molecule has 1 saturated carbocycles. The van der Waals surface area contributed by atoms with Gasteiger partial charge in [0.05, 0.1) is 6.20 Å². The smallest absolute Gasteiger partial charge is 0.157 e. The standard InChI is InChI=1S/C6H6ClNO/c7-6(2-3-6)5-1-4-8-9-5/h1,4H,2-3H2. The number of hydrogen-bond acceptors (Lipinski definition) is 2. The molecule has 1 aromatic rings. The Morgan fingerprint density at radius 2 is 2.44 bits per heavy atom. The summed E-state index contributed by atoms with van der Waals surface area (Å²) in [6.45, 7) is 0. The largest absolute Gasteiger partial charge is 0.360 e. The van der Waals surface area contributed by atoms with E-state index in [0.29, 0.717) is 0 Å². The molecule has 3 heteroatoms. The van der Waals surface area contributed by atoms with Crippen LogP contribution in [-0.4, -0.2) is 5.16 Å². The van der Waals surface area contributed by atoms with E-state index in [0.717, 1.165) is 18.6 Å². The summed E-state index contributed by atoms with van der Waals surface area (Å²) in [6, 6.07) is 1.82. The molecule has 48 valence electrons. The second-order valence-corrected chi connectivity index (χ2v) is 3.07. The Balaban J connectivity index is 2.34. The Bertz CT molecular complexity index is 203. The molecule has 0 unspecified atom stereocenters. The first-order valence-corrected chi connectivity index (χ1v) is 3.29. The first kappa shape index (κ1) is 5.30. The molecule has 0 spiro atoms. The summed E-state index contributed by atoms with van der Waals surface area (Å²) in [6.07, 6.45) is 3.66. The van der Waals surface area contributed by atoms with E-state index in [1.165, 1.54) is 0 Å². The van der Waals surface area contributed by atoms with Crippen molar-refractivity contribution in [3.8, 4) is 0 Å². The lowest BCUT2D eigenvalue weighted by atomic mass is 10.3. The molecular formula is C6H6ClNO. The van der Waals surface area contributed by atoms with Crippen LogP contribution in [0.25, 0.3) is 0 Å². The molecule has 2 rings (SSSR count). The van der Waals surface area contributed by atoms with Crippen molar-refractivity contribution in [2.24, 2.45) is 0 Å². The predicted octanol–water partition coefficient (Wildman–Crippen LogP) is 1.90. The number of nitrogens with zero attached hydrogens (tertiary/aromatic N) is 1. The van der Waals surface area contributed by atoms with Gasteiger partial charge in [-0.1, -0.05) is 5.16 Å². The summed E-state index contributed by atoms with van der Waals surface area (Å²) >= 11 is 5.98. The van der Waals surface area contributed by atoms with Crippen LogP contribution in [-0.2, 0) is 4.87 Å². The van der Waals surface area contributed by atoms with Gasteiger partial charge in [-0.2, -0.15) is 0 Å². The zero-order valence-electron chi connectivity index (χ0n) is 4.80. The van der Waals surface area contributed by atoms with Gasteiger partial charge >= 0.3 is 0 Å². The van der Waals surface area contributed by atoms with Gasteiger partial charge in [0.25, 0.3) is 0 Å². The van der Waals surface area contributed by atoms with E-state index in [9.17, 15) is 0 Å². The molecule has 1 aromatic heterocycles. The van der Waals surface area contributed by atoms with Crippen molar-refractivity contribution in [2.75, 3.05) is 0 Å². The van der Waals surface area contributed by atoms with Crippen molar-refractivity contribution in [3.05, 3.63) is 18.0 Å². The normalized spacial score (nSPS) is 21.9. The van der Waals surface area contributed by atoms with Crippen molar-refractivity contribution in [2.45, 2.75) is 17.7 Å². The molecule has 1 heterocycles. The fraction of sp³-hybridized carbons (Fsp3) is 0.500. The van der Waals surface area contributed by atoms with Crippen LogP contribution in [0.3, 0.4) is 0 Å². The number of alkyl halides is 1. The molecule has 0 radical (unpaired) electrons. The Hall–Kier alpha value is -0.500. The number of aromatic nitrogens is 1. The molecule has 9 heavy (non-hydrogen) atoms. The molecule has 2 nitrogen and oxygen atoms in total. The summed E-state index contributed by atoms with van der Waals surface area (Å²) in [5.74, 6) is 0.809. The van der Waals surface area contributed by atoms with Crippen molar-refractivity contribution >= 4 is 11.6 Å². The lowest BCUT2D eigenvalue weighted by Gasteiger charge is -1.95. The van der Waals surface area contributed by atoms with Gasteiger partial charge in [0.2, 0.25) is 0 Å². The Labute approximate surface area is 57.8 Å². The third-order valence-corrected chi connectivity index (χ3v) is 2.13. The molecule has 0 amide bonds. The maximum absolute atomic E-state index is 5.98. The van der Waals surface area contributed by atoms with E-state index in [2.05, 4.69) is 5.16 Å². The zero-order chi connectivity index (χ0) is 6.32. The Morgan fingerprint density at radius 3 is 2.89 bits per heavy atom. The summed E-state index contributed by atoms with van der Waals surface area (Å²) in [4.78, 5) is -0.184. The number of hydrogen-bond donors (Lipinski definition) is 0. The summed E-state index contributed by atoms with van der Waals surface area (Å²) < 4.78 is 4.88.